The summed E-state index contributed by atoms with van der Waals surface area (Å²) < 4.78 is 44.2. The van der Waals surface area contributed by atoms with Gasteiger partial charge in [-0.25, -0.2) is 0 Å². The van der Waals surface area contributed by atoms with Gasteiger partial charge in [-0.2, -0.15) is 13.2 Å². The molecule has 0 bridgehead atoms. The number of amides is 1. The number of alkyl halides is 3. The standard InChI is InChI=1S/C28H37F3N2O2/c1-20-6-7-21(2)25(18-20)35-17-5-14-27(3,4)26(34)32-24-12-15-33(16-13-24)19-22-8-10-23(11-9-22)28(29,30)31/h6-11,18,24H,5,12-17,19H2,1-4H3,(H,32,34). The fourth-order valence-electron chi connectivity index (χ4n) is 4.35. The van der Waals surface area contributed by atoms with Crippen LogP contribution in [0, 0.1) is 19.3 Å². The molecule has 0 aromatic heterocycles. The number of ether oxygens (including phenoxy) is 1. The minimum Gasteiger partial charge on any atom is -0.493 e. The minimum absolute atomic E-state index is 0.0606. The summed E-state index contributed by atoms with van der Waals surface area (Å²) >= 11 is 0. The average Bonchev–Trinajstić information content (AvgIpc) is 2.80. The number of hydrogen-bond acceptors (Lipinski definition) is 3. The molecule has 0 radical (unpaired) electrons. The first-order chi connectivity index (χ1) is 16.4. The molecule has 2 aromatic carbocycles. The second-order valence-corrected chi connectivity index (χ2v) is 10.3. The van der Waals surface area contributed by atoms with Gasteiger partial charge in [-0.3, -0.25) is 9.69 Å². The lowest BCUT2D eigenvalue weighted by Gasteiger charge is -2.34. The molecule has 0 unspecified atom stereocenters. The SMILES string of the molecule is Cc1ccc(C)c(OCCCC(C)(C)C(=O)NC2CCN(Cc3ccc(C(F)(F)F)cc3)CC2)c1. The molecule has 1 saturated heterocycles. The van der Waals surface area contributed by atoms with E-state index in [2.05, 4.69) is 22.3 Å². The number of nitrogens with zero attached hydrogens (tertiary/aromatic N) is 1. The first kappa shape index (κ1) is 27.1. The summed E-state index contributed by atoms with van der Waals surface area (Å²) in [5, 5.41) is 3.21. The quantitative estimate of drug-likeness (QED) is 0.420. The Bertz CT molecular complexity index is 979. The van der Waals surface area contributed by atoms with Crippen molar-refractivity contribution in [1.29, 1.82) is 0 Å². The number of benzene rings is 2. The van der Waals surface area contributed by atoms with E-state index >= 15 is 0 Å². The van der Waals surface area contributed by atoms with Gasteiger partial charge < -0.3 is 10.1 Å². The Hall–Kier alpha value is -2.54. The van der Waals surface area contributed by atoms with Crippen LogP contribution in [0.3, 0.4) is 0 Å². The third-order valence-electron chi connectivity index (χ3n) is 6.77. The van der Waals surface area contributed by atoms with Crippen molar-refractivity contribution in [1.82, 2.24) is 10.2 Å². The maximum Gasteiger partial charge on any atom is 0.416 e. The largest absolute Gasteiger partial charge is 0.493 e. The molecular formula is C28H37F3N2O2. The smallest absolute Gasteiger partial charge is 0.416 e. The Morgan fingerprint density at radius 2 is 1.71 bits per heavy atom. The topological polar surface area (TPSA) is 41.6 Å². The second kappa shape index (κ2) is 11.5. The number of nitrogens with one attached hydrogen (secondary N) is 1. The summed E-state index contributed by atoms with van der Waals surface area (Å²) in [6.07, 6.45) is -1.12. The van der Waals surface area contributed by atoms with Gasteiger partial charge in [0, 0.05) is 31.1 Å². The van der Waals surface area contributed by atoms with E-state index < -0.39 is 17.2 Å². The highest BCUT2D eigenvalue weighted by atomic mass is 19.4. The van der Waals surface area contributed by atoms with Crippen molar-refractivity contribution in [2.24, 2.45) is 5.41 Å². The van der Waals surface area contributed by atoms with Crippen molar-refractivity contribution in [3.05, 3.63) is 64.7 Å². The number of carbonyl (C=O) groups is 1. The molecule has 1 fully saturated rings. The first-order valence-electron chi connectivity index (χ1n) is 12.3. The van der Waals surface area contributed by atoms with E-state index in [1.54, 1.807) is 12.1 Å². The van der Waals surface area contributed by atoms with Crippen LogP contribution in [0.1, 0.15) is 61.8 Å². The zero-order valence-electron chi connectivity index (χ0n) is 21.2. The lowest BCUT2D eigenvalue weighted by Crippen LogP contribution is -2.48. The number of hydrogen-bond donors (Lipinski definition) is 1. The molecule has 1 amide bonds. The van der Waals surface area contributed by atoms with Crippen LogP contribution in [0.2, 0.25) is 0 Å². The number of halogens is 3. The van der Waals surface area contributed by atoms with Crippen LogP contribution in [0.15, 0.2) is 42.5 Å². The Labute approximate surface area is 206 Å². The van der Waals surface area contributed by atoms with Crippen LogP contribution in [-0.2, 0) is 17.5 Å². The Kier molecular flexibility index (Phi) is 8.86. The molecule has 7 heteroatoms. The highest BCUT2D eigenvalue weighted by molar-refractivity contribution is 5.82. The molecule has 2 aromatic rings. The normalized spacial score (nSPS) is 15.7. The molecule has 0 spiro atoms. The summed E-state index contributed by atoms with van der Waals surface area (Å²) in [6, 6.07) is 11.6. The van der Waals surface area contributed by atoms with Gasteiger partial charge in [0.05, 0.1) is 12.2 Å². The zero-order chi connectivity index (χ0) is 25.6. The Balaban J connectivity index is 1.38. The predicted molar refractivity (Wildman–Crippen MR) is 132 cm³/mol. The molecule has 192 valence electrons. The van der Waals surface area contributed by atoms with Gasteiger partial charge in [0.25, 0.3) is 0 Å². The fourth-order valence-corrected chi connectivity index (χ4v) is 4.35. The van der Waals surface area contributed by atoms with Gasteiger partial charge in [-0.1, -0.05) is 38.1 Å². The van der Waals surface area contributed by atoms with Crippen molar-refractivity contribution >= 4 is 5.91 Å². The van der Waals surface area contributed by atoms with Crippen LogP contribution in [-0.4, -0.2) is 36.5 Å². The molecule has 0 saturated carbocycles. The number of aryl methyl sites for hydroxylation is 2. The van der Waals surface area contributed by atoms with E-state index in [-0.39, 0.29) is 11.9 Å². The molecule has 0 atom stereocenters. The van der Waals surface area contributed by atoms with Crippen LogP contribution in [0.4, 0.5) is 13.2 Å². The van der Waals surface area contributed by atoms with E-state index in [9.17, 15) is 18.0 Å². The highest BCUT2D eigenvalue weighted by Crippen LogP contribution is 2.29. The van der Waals surface area contributed by atoms with Gasteiger partial charge in [-0.05, 0) is 74.4 Å². The van der Waals surface area contributed by atoms with E-state index in [1.807, 2.05) is 33.8 Å². The number of likely N-dealkylation sites (tertiary alicyclic amines) is 1. The van der Waals surface area contributed by atoms with Crippen LogP contribution in [0.5, 0.6) is 5.75 Å². The Morgan fingerprint density at radius 3 is 2.34 bits per heavy atom. The van der Waals surface area contributed by atoms with Crippen molar-refractivity contribution in [3.8, 4) is 5.75 Å². The third-order valence-corrected chi connectivity index (χ3v) is 6.77. The molecule has 1 aliphatic rings. The maximum absolute atomic E-state index is 12.9. The first-order valence-corrected chi connectivity index (χ1v) is 12.3. The second-order valence-electron chi connectivity index (χ2n) is 10.3. The molecule has 3 rings (SSSR count). The van der Waals surface area contributed by atoms with Gasteiger partial charge in [0.1, 0.15) is 5.75 Å². The highest BCUT2D eigenvalue weighted by Gasteiger charge is 2.31. The van der Waals surface area contributed by atoms with Crippen molar-refractivity contribution < 1.29 is 22.7 Å². The molecule has 1 heterocycles. The third kappa shape index (κ3) is 7.99. The lowest BCUT2D eigenvalue weighted by atomic mass is 9.86. The van der Waals surface area contributed by atoms with Crippen molar-refractivity contribution in [2.45, 2.75) is 72.1 Å². The molecule has 1 N–H and O–H groups in total. The molecular weight excluding hydrogens is 453 g/mol. The number of piperidine rings is 1. The van der Waals surface area contributed by atoms with Gasteiger partial charge in [-0.15, -0.1) is 0 Å². The van der Waals surface area contributed by atoms with E-state index in [4.69, 9.17) is 4.74 Å². The predicted octanol–water partition coefficient (Wildman–Crippen LogP) is 6.29. The monoisotopic (exact) mass is 490 g/mol. The van der Waals surface area contributed by atoms with E-state index in [1.165, 1.54) is 0 Å². The maximum atomic E-state index is 12.9. The number of carbonyl (C=O) groups excluding carboxylic acids is 1. The summed E-state index contributed by atoms with van der Waals surface area (Å²) in [4.78, 5) is 15.1. The van der Waals surface area contributed by atoms with Crippen LogP contribution in [0.25, 0.3) is 0 Å². The van der Waals surface area contributed by atoms with Crippen molar-refractivity contribution in [3.63, 3.8) is 0 Å². The lowest BCUT2D eigenvalue weighted by molar-refractivity contribution is -0.137. The number of rotatable bonds is 9. The molecule has 0 aliphatic carbocycles. The fraction of sp³-hybridized carbons (Fsp3) is 0.536. The van der Waals surface area contributed by atoms with Gasteiger partial charge >= 0.3 is 6.18 Å². The Morgan fingerprint density at radius 1 is 1.06 bits per heavy atom. The summed E-state index contributed by atoms with van der Waals surface area (Å²) in [7, 11) is 0. The molecule has 35 heavy (non-hydrogen) atoms. The van der Waals surface area contributed by atoms with Crippen LogP contribution >= 0.6 is 0 Å². The van der Waals surface area contributed by atoms with E-state index in [0.29, 0.717) is 13.2 Å². The van der Waals surface area contributed by atoms with Gasteiger partial charge in [0.2, 0.25) is 5.91 Å². The molecule has 1 aliphatic heterocycles. The van der Waals surface area contributed by atoms with E-state index in [0.717, 1.165) is 73.3 Å². The summed E-state index contributed by atoms with van der Waals surface area (Å²) in [6.45, 7) is 10.8. The van der Waals surface area contributed by atoms with Crippen molar-refractivity contribution in [2.75, 3.05) is 19.7 Å². The van der Waals surface area contributed by atoms with Gasteiger partial charge in [0.15, 0.2) is 0 Å². The average molecular weight is 491 g/mol. The minimum atomic E-state index is -4.31. The summed E-state index contributed by atoms with van der Waals surface area (Å²) in [5.41, 5.74) is 2.03. The summed E-state index contributed by atoms with van der Waals surface area (Å²) in [5.74, 6) is 0.959. The zero-order valence-corrected chi connectivity index (χ0v) is 21.2. The van der Waals surface area contributed by atoms with Crippen LogP contribution < -0.4 is 10.1 Å². The molecule has 4 nitrogen and oxygen atoms in total.